The minimum absolute atomic E-state index is 0.0860. The molecule has 0 aliphatic rings. The lowest BCUT2D eigenvalue weighted by Gasteiger charge is -2.06. The van der Waals surface area contributed by atoms with Gasteiger partial charge in [-0.05, 0) is 11.8 Å². The van der Waals surface area contributed by atoms with E-state index in [0.717, 1.165) is 0 Å². The molecule has 0 aliphatic carbocycles. The molecular formula is C8H11F3N4OS. The molecule has 0 bridgehead atoms. The average Bonchev–Trinajstić information content (AvgIpc) is 2.53. The van der Waals surface area contributed by atoms with Gasteiger partial charge in [0.25, 0.3) is 5.91 Å². The molecule has 0 saturated heterocycles. The van der Waals surface area contributed by atoms with Gasteiger partial charge >= 0.3 is 5.51 Å². The fourth-order valence-corrected chi connectivity index (χ4v) is 1.48. The van der Waals surface area contributed by atoms with E-state index < -0.39 is 11.4 Å². The normalized spacial score (nSPS) is 11.5. The first-order valence-electron chi connectivity index (χ1n) is 4.57. The van der Waals surface area contributed by atoms with Crippen molar-refractivity contribution in [3.8, 4) is 0 Å². The van der Waals surface area contributed by atoms with Gasteiger partial charge in [0.05, 0.1) is 6.20 Å². The molecule has 0 fully saturated rings. The van der Waals surface area contributed by atoms with Gasteiger partial charge in [-0.15, -0.1) is 0 Å². The third-order valence-corrected chi connectivity index (χ3v) is 2.62. The number of anilines is 1. The van der Waals surface area contributed by atoms with Gasteiger partial charge < -0.3 is 11.1 Å². The molecular weight excluding hydrogens is 257 g/mol. The van der Waals surface area contributed by atoms with Crippen molar-refractivity contribution in [3.63, 3.8) is 0 Å². The van der Waals surface area contributed by atoms with Crippen LogP contribution in [0.3, 0.4) is 0 Å². The minimum atomic E-state index is -4.28. The van der Waals surface area contributed by atoms with Crippen molar-refractivity contribution in [1.29, 1.82) is 0 Å². The molecule has 17 heavy (non-hydrogen) atoms. The Hall–Kier alpha value is -1.38. The van der Waals surface area contributed by atoms with E-state index in [-0.39, 0.29) is 35.4 Å². The molecule has 96 valence electrons. The van der Waals surface area contributed by atoms with E-state index in [0.29, 0.717) is 0 Å². The van der Waals surface area contributed by atoms with Gasteiger partial charge in [-0.3, -0.25) is 9.48 Å². The van der Waals surface area contributed by atoms with E-state index >= 15 is 0 Å². The zero-order valence-corrected chi connectivity index (χ0v) is 9.73. The van der Waals surface area contributed by atoms with Crippen LogP contribution in [0.15, 0.2) is 6.20 Å². The van der Waals surface area contributed by atoms with Gasteiger partial charge in [-0.2, -0.15) is 18.3 Å². The van der Waals surface area contributed by atoms with Crippen LogP contribution < -0.4 is 11.1 Å². The summed E-state index contributed by atoms with van der Waals surface area (Å²) in [5.74, 6) is -0.598. The van der Waals surface area contributed by atoms with Gasteiger partial charge in [0, 0.05) is 19.3 Å². The number of hydrogen-bond donors (Lipinski definition) is 2. The Kier molecular flexibility index (Phi) is 4.27. The molecule has 0 spiro atoms. The number of aryl methyl sites for hydroxylation is 1. The standard InChI is InChI=1S/C8H11F3N4OS/c1-15-6(12)5(4-14-15)7(16)13-2-3-17-8(9,10)11/h4H,2-3,12H2,1H3,(H,13,16). The largest absolute Gasteiger partial charge is 0.441 e. The summed E-state index contributed by atoms with van der Waals surface area (Å²) in [5.41, 5.74) is 1.41. The third-order valence-electron chi connectivity index (χ3n) is 1.88. The fourth-order valence-electron chi connectivity index (χ4n) is 1.05. The number of nitrogens with one attached hydrogen (secondary N) is 1. The predicted octanol–water partition coefficient (Wildman–Crippen LogP) is 0.985. The molecule has 0 unspecified atom stereocenters. The van der Waals surface area contributed by atoms with E-state index in [9.17, 15) is 18.0 Å². The van der Waals surface area contributed by atoms with Crippen LogP contribution in [-0.2, 0) is 7.05 Å². The van der Waals surface area contributed by atoms with Crippen molar-refractivity contribution in [2.75, 3.05) is 18.0 Å². The molecule has 9 heteroatoms. The first-order chi connectivity index (χ1) is 7.81. The molecule has 1 heterocycles. The van der Waals surface area contributed by atoms with Crippen molar-refractivity contribution in [2.45, 2.75) is 5.51 Å². The van der Waals surface area contributed by atoms with Crippen molar-refractivity contribution >= 4 is 23.5 Å². The zero-order valence-electron chi connectivity index (χ0n) is 8.91. The zero-order chi connectivity index (χ0) is 13.1. The van der Waals surface area contributed by atoms with Crippen LogP contribution >= 0.6 is 11.8 Å². The number of nitrogens with zero attached hydrogens (tertiary/aromatic N) is 2. The number of aromatic nitrogens is 2. The lowest BCUT2D eigenvalue weighted by atomic mass is 10.3. The lowest BCUT2D eigenvalue weighted by molar-refractivity contribution is -0.0327. The third kappa shape index (κ3) is 4.17. The maximum Gasteiger partial charge on any atom is 0.441 e. The monoisotopic (exact) mass is 268 g/mol. The van der Waals surface area contributed by atoms with Crippen LogP contribution in [0.5, 0.6) is 0 Å². The quantitative estimate of drug-likeness (QED) is 0.799. The second kappa shape index (κ2) is 5.30. The number of amides is 1. The second-order valence-electron chi connectivity index (χ2n) is 3.12. The van der Waals surface area contributed by atoms with Crippen molar-refractivity contribution < 1.29 is 18.0 Å². The van der Waals surface area contributed by atoms with Crippen LogP contribution in [0.2, 0.25) is 0 Å². The molecule has 1 rings (SSSR count). The van der Waals surface area contributed by atoms with E-state index in [2.05, 4.69) is 10.4 Å². The summed E-state index contributed by atoms with van der Waals surface area (Å²) in [5, 5.41) is 6.08. The summed E-state index contributed by atoms with van der Waals surface area (Å²) < 4.78 is 36.7. The SMILES string of the molecule is Cn1ncc(C(=O)NCCSC(F)(F)F)c1N. The van der Waals surface area contributed by atoms with Gasteiger partial charge in [-0.25, -0.2) is 0 Å². The van der Waals surface area contributed by atoms with Crippen LogP contribution in [0, 0.1) is 0 Å². The van der Waals surface area contributed by atoms with E-state index in [1.165, 1.54) is 10.9 Å². The number of carbonyl (C=O) groups is 1. The van der Waals surface area contributed by atoms with Gasteiger partial charge in [0.2, 0.25) is 0 Å². The van der Waals surface area contributed by atoms with Crippen LogP contribution in [0.1, 0.15) is 10.4 Å². The first-order valence-corrected chi connectivity index (χ1v) is 5.56. The molecule has 0 saturated carbocycles. The molecule has 0 atom stereocenters. The number of rotatable bonds is 4. The smallest absolute Gasteiger partial charge is 0.383 e. The second-order valence-corrected chi connectivity index (χ2v) is 4.28. The van der Waals surface area contributed by atoms with Gasteiger partial charge in [0.15, 0.2) is 0 Å². The highest BCUT2D eigenvalue weighted by Crippen LogP contribution is 2.29. The number of halogens is 3. The molecule has 1 aromatic heterocycles. The first kappa shape index (κ1) is 13.7. The summed E-state index contributed by atoms with van der Waals surface area (Å²) in [6.45, 7) is -0.0860. The van der Waals surface area contributed by atoms with Crippen molar-refractivity contribution in [2.24, 2.45) is 7.05 Å². The summed E-state index contributed by atoms with van der Waals surface area (Å²) in [4.78, 5) is 11.5. The van der Waals surface area contributed by atoms with Crippen LogP contribution in [-0.4, -0.2) is 33.5 Å². The molecule has 5 nitrogen and oxygen atoms in total. The Morgan fingerprint density at radius 1 is 1.65 bits per heavy atom. The van der Waals surface area contributed by atoms with Crippen molar-refractivity contribution in [3.05, 3.63) is 11.8 Å². The van der Waals surface area contributed by atoms with Gasteiger partial charge in [0.1, 0.15) is 11.4 Å². The highest BCUT2D eigenvalue weighted by atomic mass is 32.2. The number of nitrogens with two attached hydrogens (primary N) is 1. The van der Waals surface area contributed by atoms with E-state index in [1.807, 2.05) is 0 Å². The summed E-state index contributed by atoms with van der Waals surface area (Å²) in [7, 11) is 1.56. The number of hydrogen-bond acceptors (Lipinski definition) is 4. The Balaban J connectivity index is 2.38. The van der Waals surface area contributed by atoms with E-state index in [1.54, 1.807) is 7.05 Å². The maximum absolute atomic E-state index is 11.8. The minimum Gasteiger partial charge on any atom is -0.383 e. The Labute approximate surface area is 99.5 Å². The Bertz CT molecular complexity index is 404. The topological polar surface area (TPSA) is 72.9 Å². The number of carbonyl (C=O) groups excluding carboxylic acids is 1. The van der Waals surface area contributed by atoms with E-state index in [4.69, 9.17) is 5.73 Å². The van der Waals surface area contributed by atoms with Crippen LogP contribution in [0.25, 0.3) is 0 Å². The van der Waals surface area contributed by atoms with Crippen molar-refractivity contribution in [1.82, 2.24) is 15.1 Å². The molecule has 1 amide bonds. The highest BCUT2D eigenvalue weighted by molar-refractivity contribution is 8.00. The molecule has 3 N–H and O–H groups in total. The number of alkyl halides is 3. The Morgan fingerprint density at radius 3 is 2.76 bits per heavy atom. The fraction of sp³-hybridized carbons (Fsp3) is 0.500. The summed E-state index contributed by atoms with van der Waals surface area (Å²) >= 11 is -0.187. The summed E-state index contributed by atoms with van der Waals surface area (Å²) in [6.07, 6.45) is 1.27. The number of thioether (sulfide) groups is 1. The lowest BCUT2D eigenvalue weighted by Crippen LogP contribution is -2.27. The Morgan fingerprint density at radius 2 is 2.29 bits per heavy atom. The predicted molar refractivity (Wildman–Crippen MR) is 58.5 cm³/mol. The number of nitrogen functional groups attached to an aromatic ring is 1. The molecule has 0 aromatic carbocycles. The highest BCUT2D eigenvalue weighted by Gasteiger charge is 2.27. The molecule has 1 aromatic rings. The molecule has 0 radical (unpaired) electrons. The average molecular weight is 268 g/mol. The van der Waals surface area contributed by atoms with Gasteiger partial charge in [-0.1, -0.05) is 0 Å². The summed E-state index contributed by atoms with van der Waals surface area (Å²) in [6, 6.07) is 0. The van der Waals surface area contributed by atoms with Crippen LogP contribution in [0.4, 0.5) is 19.0 Å². The maximum atomic E-state index is 11.8. The molecule has 0 aliphatic heterocycles.